The van der Waals surface area contributed by atoms with E-state index in [2.05, 4.69) is 0 Å². The van der Waals surface area contributed by atoms with Crippen LogP contribution in [0.25, 0.3) is 0 Å². The normalized spacial score (nSPS) is 14.1. The van der Waals surface area contributed by atoms with Crippen LogP contribution in [0, 0.1) is 11.6 Å². The quantitative estimate of drug-likeness (QED) is 0.770. The van der Waals surface area contributed by atoms with Crippen LogP contribution in [-0.4, -0.2) is 5.24 Å². The molecule has 1 aromatic heterocycles. The molecule has 0 N–H and O–H groups in total. The van der Waals surface area contributed by atoms with Crippen molar-refractivity contribution < 1.29 is 13.6 Å². The first kappa shape index (κ1) is 14.2. The molecule has 1 unspecified atom stereocenters. The number of rotatable bonds is 4. The minimum absolute atomic E-state index is 0.171. The fourth-order valence-electron chi connectivity index (χ4n) is 2.04. The Morgan fingerprint density at radius 1 is 1.26 bits per heavy atom. The van der Waals surface area contributed by atoms with Crippen LogP contribution >= 0.6 is 22.9 Å². The summed E-state index contributed by atoms with van der Waals surface area (Å²) in [6.07, 6.45) is 0.171. The number of hydrogen-bond acceptors (Lipinski definition) is 2. The van der Waals surface area contributed by atoms with E-state index in [9.17, 15) is 13.6 Å². The molecule has 2 rings (SSSR count). The molecule has 1 atom stereocenters. The van der Waals surface area contributed by atoms with Crippen LogP contribution < -0.4 is 0 Å². The molecule has 0 fully saturated rings. The van der Waals surface area contributed by atoms with Gasteiger partial charge in [0.15, 0.2) is 0 Å². The lowest BCUT2D eigenvalue weighted by Gasteiger charge is -2.26. The van der Waals surface area contributed by atoms with Crippen molar-refractivity contribution in [2.24, 2.45) is 0 Å². The van der Waals surface area contributed by atoms with Crippen molar-refractivity contribution in [2.45, 2.75) is 18.8 Å². The van der Waals surface area contributed by atoms with Gasteiger partial charge in [-0.1, -0.05) is 12.1 Å². The van der Waals surface area contributed by atoms with Gasteiger partial charge in [0.1, 0.15) is 11.6 Å². The zero-order chi connectivity index (χ0) is 14.0. The van der Waals surface area contributed by atoms with Crippen molar-refractivity contribution in [3.8, 4) is 0 Å². The number of carbonyl (C=O) groups is 1. The van der Waals surface area contributed by atoms with Crippen LogP contribution in [0.2, 0.25) is 0 Å². The molecule has 0 amide bonds. The summed E-state index contributed by atoms with van der Waals surface area (Å²) < 4.78 is 27.8. The molecule has 1 aromatic carbocycles. The maximum atomic E-state index is 13.9. The summed E-state index contributed by atoms with van der Waals surface area (Å²) in [5.74, 6) is -1.51. The van der Waals surface area contributed by atoms with E-state index in [1.807, 2.05) is 17.5 Å². The molecule has 100 valence electrons. The van der Waals surface area contributed by atoms with Gasteiger partial charge in [-0.2, -0.15) is 0 Å². The lowest BCUT2D eigenvalue weighted by molar-refractivity contribution is -0.116. The third kappa shape index (κ3) is 2.69. The standard InChI is InChI=1S/C14H11ClF2OS/c1-14(13(15)18,8-9-4-3-7-19-9)12-10(16)5-2-6-11(12)17/h2-7H,8H2,1H3. The molecule has 0 aliphatic rings. The molecule has 0 saturated carbocycles. The minimum atomic E-state index is -1.41. The largest absolute Gasteiger partial charge is 0.280 e. The van der Waals surface area contributed by atoms with Crippen LogP contribution in [0.15, 0.2) is 35.7 Å². The lowest BCUT2D eigenvalue weighted by Crippen LogP contribution is -2.33. The highest BCUT2D eigenvalue weighted by Gasteiger charge is 2.39. The Bertz CT molecular complexity index is 577. The summed E-state index contributed by atoms with van der Waals surface area (Å²) in [4.78, 5) is 12.6. The van der Waals surface area contributed by atoms with E-state index in [-0.39, 0.29) is 12.0 Å². The number of halogens is 3. The minimum Gasteiger partial charge on any atom is -0.280 e. The van der Waals surface area contributed by atoms with Crippen LogP contribution in [0.3, 0.4) is 0 Å². The van der Waals surface area contributed by atoms with Gasteiger partial charge in [-0.3, -0.25) is 4.79 Å². The van der Waals surface area contributed by atoms with Crippen molar-refractivity contribution >= 4 is 28.2 Å². The fourth-order valence-corrected chi connectivity index (χ4v) is 3.07. The zero-order valence-corrected chi connectivity index (χ0v) is 11.7. The van der Waals surface area contributed by atoms with Crippen molar-refractivity contribution in [1.82, 2.24) is 0 Å². The summed E-state index contributed by atoms with van der Waals surface area (Å²) in [6.45, 7) is 1.46. The number of benzene rings is 1. The summed E-state index contributed by atoms with van der Waals surface area (Å²) in [7, 11) is 0. The summed E-state index contributed by atoms with van der Waals surface area (Å²) in [5.41, 5.74) is -1.69. The molecule has 0 aliphatic heterocycles. The molecular weight excluding hydrogens is 290 g/mol. The molecule has 0 saturated heterocycles. The van der Waals surface area contributed by atoms with Crippen molar-refractivity contribution in [2.75, 3.05) is 0 Å². The summed E-state index contributed by atoms with van der Waals surface area (Å²) in [5, 5.41) is 1.07. The van der Waals surface area contributed by atoms with Gasteiger partial charge < -0.3 is 0 Å². The average Bonchev–Trinajstić information content (AvgIpc) is 2.81. The summed E-state index contributed by atoms with van der Waals surface area (Å²) >= 11 is 7.03. The zero-order valence-electron chi connectivity index (χ0n) is 10.1. The molecular formula is C14H11ClF2OS. The SMILES string of the molecule is CC(Cc1cccs1)(C(=O)Cl)c1c(F)cccc1F. The molecule has 1 nitrogen and oxygen atoms in total. The summed E-state index contributed by atoms with van der Waals surface area (Å²) in [6, 6.07) is 7.15. The first-order chi connectivity index (χ1) is 8.95. The number of hydrogen-bond donors (Lipinski definition) is 0. The van der Waals surface area contributed by atoms with Gasteiger partial charge in [-0.25, -0.2) is 8.78 Å². The van der Waals surface area contributed by atoms with Crippen LogP contribution in [0.4, 0.5) is 8.78 Å². The van der Waals surface area contributed by atoms with Crippen LogP contribution in [-0.2, 0) is 16.6 Å². The van der Waals surface area contributed by atoms with Crippen LogP contribution in [0.1, 0.15) is 17.4 Å². The Morgan fingerprint density at radius 3 is 2.37 bits per heavy atom. The highest BCUT2D eigenvalue weighted by molar-refractivity contribution is 7.09. The van der Waals surface area contributed by atoms with E-state index < -0.39 is 22.3 Å². The van der Waals surface area contributed by atoms with E-state index in [0.717, 1.165) is 17.0 Å². The highest BCUT2D eigenvalue weighted by Crippen LogP contribution is 2.35. The van der Waals surface area contributed by atoms with Gasteiger partial charge in [0.25, 0.3) is 0 Å². The van der Waals surface area contributed by atoms with E-state index in [1.54, 1.807) is 0 Å². The maximum absolute atomic E-state index is 13.9. The molecule has 5 heteroatoms. The Balaban J connectivity index is 2.53. The van der Waals surface area contributed by atoms with Gasteiger partial charge in [-0.15, -0.1) is 11.3 Å². The lowest BCUT2D eigenvalue weighted by atomic mass is 9.79. The van der Waals surface area contributed by atoms with E-state index in [4.69, 9.17) is 11.6 Å². The number of carbonyl (C=O) groups excluding carboxylic acids is 1. The molecule has 0 spiro atoms. The smallest absolute Gasteiger partial charge is 0.232 e. The topological polar surface area (TPSA) is 17.1 Å². The first-order valence-corrected chi connectivity index (χ1v) is 6.87. The third-order valence-corrected chi connectivity index (χ3v) is 4.35. The first-order valence-electron chi connectivity index (χ1n) is 5.62. The molecule has 0 aliphatic carbocycles. The third-order valence-electron chi connectivity index (χ3n) is 3.06. The van der Waals surface area contributed by atoms with E-state index in [1.165, 1.54) is 24.3 Å². The van der Waals surface area contributed by atoms with E-state index >= 15 is 0 Å². The molecule has 0 radical (unpaired) electrons. The average molecular weight is 301 g/mol. The molecule has 0 bridgehead atoms. The van der Waals surface area contributed by atoms with E-state index in [0.29, 0.717) is 0 Å². The Hall–Kier alpha value is -1.26. The second-order valence-corrected chi connectivity index (χ2v) is 5.83. The predicted octanol–water partition coefficient (Wildman–Crippen LogP) is 4.29. The number of thiophene rings is 1. The van der Waals surface area contributed by atoms with Crippen molar-refractivity contribution in [3.63, 3.8) is 0 Å². The fraction of sp³-hybridized carbons (Fsp3) is 0.214. The Morgan fingerprint density at radius 2 is 1.89 bits per heavy atom. The highest BCUT2D eigenvalue weighted by atomic mass is 35.5. The second-order valence-electron chi connectivity index (χ2n) is 4.46. The van der Waals surface area contributed by atoms with Gasteiger partial charge >= 0.3 is 0 Å². The van der Waals surface area contributed by atoms with Crippen molar-refractivity contribution in [3.05, 3.63) is 57.8 Å². The predicted molar refractivity (Wildman–Crippen MR) is 72.6 cm³/mol. The van der Waals surface area contributed by atoms with Gasteiger partial charge in [-0.05, 0) is 48.5 Å². The van der Waals surface area contributed by atoms with Gasteiger partial charge in [0, 0.05) is 10.4 Å². The van der Waals surface area contributed by atoms with Crippen molar-refractivity contribution in [1.29, 1.82) is 0 Å². The maximum Gasteiger partial charge on any atom is 0.232 e. The molecule has 1 heterocycles. The Kier molecular flexibility index (Phi) is 4.02. The molecule has 19 heavy (non-hydrogen) atoms. The van der Waals surface area contributed by atoms with Gasteiger partial charge in [0.2, 0.25) is 5.24 Å². The van der Waals surface area contributed by atoms with Gasteiger partial charge in [0.05, 0.1) is 5.41 Å². The molecule has 2 aromatic rings. The second kappa shape index (κ2) is 5.39. The Labute approximate surface area is 118 Å². The monoisotopic (exact) mass is 300 g/mol. The van der Waals surface area contributed by atoms with Crippen LogP contribution in [0.5, 0.6) is 0 Å².